The van der Waals surface area contributed by atoms with E-state index in [-0.39, 0.29) is 11.8 Å². The van der Waals surface area contributed by atoms with Crippen molar-refractivity contribution in [1.82, 2.24) is 4.90 Å². The van der Waals surface area contributed by atoms with Crippen molar-refractivity contribution in [3.05, 3.63) is 21.9 Å². The van der Waals surface area contributed by atoms with E-state index < -0.39 is 0 Å². The van der Waals surface area contributed by atoms with Crippen LogP contribution in [0.15, 0.2) is 11.4 Å². The fourth-order valence-corrected chi connectivity index (χ4v) is 3.58. The van der Waals surface area contributed by atoms with Gasteiger partial charge in [0.1, 0.15) is 0 Å². The summed E-state index contributed by atoms with van der Waals surface area (Å²) in [5.41, 5.74) is 6.52. The van der Waals surface area contributed by atoms with Crippen molar-refractivity contribution < 1.29 is 4.79 Å². The maximum atomic E-state index is 12.4. The number of nitrogens with two attached hydrogens (primary N) is 1. The van der Waals surface area contributed by atoms with Gasteiger partial charge in [0, 0.05) is 19.5 Å². The smallest absolute Gasteiger partial charge is 0.225 e. The molecule has 1 amide bonds. The molecule has 0 spiro atoms. The molecule has 1 aromatic rings. The van der Waals surface area contributed by atoms with E-state index in [2.05, 4.69) is 30.2 Å². The number of thiophene rings is 1. The highest BCUT2D eigenvalue weighted by Crippen LogP contribution is 2.32. The average molecular weight is 290 g/mol. The number of carbonyl (C=O) groups is 1. The van der Waals surface area contributed by atoms with E-state index in [1.807, 2.05) is 11.9 Å². The van der Waals surface area contributed by atoms with Gasteiger partial charge in [0.25, 0.3) is 0 Å². The van der Waals surface area contributed by atoms with Crippen LogP contribution in [0.4, 0.5) is 0 Å². The molecule has 1 aliphatic carbocycles. The van der Waals surface area contributed by atoms with Crippen LogP contribution >= 0.6 is 11.3 Å². The first-order chi connectivity index (χ1) is 9.61. The summed E-state index contributed by atoms with van der Waals surface area (Å²) in [7, 11) is 1.90. The molecule has 4 heteroatoms. The van der Waals surface area contributed by atoms with Crippen molar-refractivity contribution in [2.45, 2.75) is 32.7 Å². The van der Waals surface area contributed by atoms with Crippen molar-refractivity contribution in [3.63, 3.8) is 0 Å². The van der Waals surface area contributed by atoms with Gasteiger partial charge < -0.3 is 10.6 Å². The van der Waals surface area contributed by atoms with E-state index in [4.69, 9.17) is 5.73 Å². The zero-order chi connectivity index (χ0) is 14.5. The Hall–Kier alpha value is -1.31. The van der Waals surface area contributed by atoms with Gasteiger partial charge in [0.15, 0.2) is 0 Å². The van der Waals surface area contributed by atoms with E-state index in [9.17, 15) is 4.79 Å². The summed E-state index contributed by atoms with van der Waals surface area (Å²) < 4.78 is 0. The lowest BCUT2D eigenvalue weighted by molar-refractivity contribution is -0.135. The van der Waals surface area contributed by atoms with Gasteiger partial charge in [-0.1, -0.05) is 25.2 Å². The van der Waals surface area contributed by atoms with Crippen LogP contribution in [0.3, 0.4) is 0 Å². The Morgan fingerprint density at radius 1 is 1.55 bits per heavy atom. The average Bonchev–Trinajstić information content (AvgIpc) is 3.04. The van der Waals surface area contributed by atoms with Gasteiger partial charge in [-0.15, -0.1) is 11.3 Å². The second-order valence-electron chi connectivity index (χ2n) is 5.53. The first kappa shape index (κ1) is 15.1. The SMILES string of the molecule is CC1CCCC1C(=O)N(C)Cc1csc(C#CCN)c1. The molecule has 1 heterocycles. The number of nitrogens with zero attached hydrogens (tertiary/aromatic N) is 1. The predicted octanol–water partition coefficient (Wildman–Crippen LogP) is 2.45. The second-order valence-corrected chi connectivity index (χ2v) is 6.45. The van der Waals surface area contributed by atoms with Crippen molar-refractivity contribution in [1.29, 1.82) is 0 Å². The van der Waals surface area contributed by atoms with Crippen LogP contribution in [0.1, 0.15) is 36.6 Å². The maximum absolute atomic E-state index is 12.4. The molecule has 2 N–H and O–H groups in total. The van der Waals surface area contributed by atoms with E-state index in [1.165, 1.54) is 12.8 Å². The molecule has 1 aromatic heterocycles. The summed E-state index contributed by atoms with van der Waals surface area (Å²) in [5, 5.41) is 2.07. The molecule has 2 unspecified atom stereocenters. The molecule has 1 aliphatic rings. The molecule has 0 radical (unpaired) electrons. The van der Waals surface area contributed by atoms with Crippen molar-refractivity contribution in [2.24, 2.45) is 17.6 Å². The molecular weight excluding hydrogens is 268 g/mol. The third-order valence-electron chi connectivity index (χ3n) is 3.94. The van der Waals surface area contributed by atoms with Crippen molar-refractivity contribution in [3.8, 4) is 11.8 Å². The van der Waals surface area contributed by atoms with Crippen LogP contribution in [0.2, 0.25) is 0 Å². The highest BCUT2D eigenvalue weighted by Gasteiger charge is 2.31. The molecule has 2 atom stereocenters. The monoisotopic (exact) mass is 290 g/mol. The van der Waals surface area contributed by atoms with Gasteiger partial charge in [0.2, 0.25) is 5.91 Å². The summed E-state index contributed by atoms with van der Waals surface area (Å²) in [4.78, 5) is 15.3. The summed E-state index contributed by atoms with van der Waals surface area (Å²) >= 11 is 1.61. The summed E-state index contributed by atoms with van der Waals surface area (Å²) in [6.45, 7) is 3.24. The molecule has 1 saturated carbocycles. The fourth-order valence-electron chi connectivity index (χ4n) is 2.81. The quantitative estimate of drug-likeness (QED) is 0.869. The zero-order valence-corrected chi connectivity index (χ0v) is 13.0. The van der Waals surface area contributed by atoms with Crippen LogP contribution < -0.4 is 5.73 Å². The van der Waals surface area contributed by atoms with Gasteiger partial charge in [-0.25, -0.2) is 0 Å². The van der Waals surface area contributed by atoms with Gasteiger partial charge in [-0.2, -0.15) is 0 Å². The number of carbonyl (C=O) groups excluding carboxylic acids is 1. The Morgan fingerprint density at radius 3 is 3.00 bits per heavy atom. The van der Waals surface area contributed by atoms with E-state index in [0.717, 1.165) is 16.9 Å². The highest BCUT2D eigenvalue weighted by atomic mass is 32.1. The Morgan fingerprint density at radius 2 is 2.35 bits per heavy atom. The largest absolute Gasteiger partial charge is 0.341 e. The molecule has 0 bridgehead atoms. The number of rotatable bonds is 3. The van der Waals surface area contributed by atoms with Crippen LogP contribution in [0.5, 0.6) is 0 Å². The summed E-state index contributed by atoms with van der Waals surface area (Å²) in [6, 6.07) is 2.05. The number of hydrogen-bond donors (Lipinski definition) is 1. The predicted molar refractivity (Wildman–Crippen MR) is 83.2 cm³/mol. The number of amides is 1. The standard InChI is InChI=1S/C16H22N2OS/c1-12-5-3-7-15(12)16(19)18(2)10-13-9-14(20-11-13)6-4-8-17/h9,11-12,15H,3,5,7-8,10,17H2,1-2H3. The molecule has 108 valence electrons. The van der Waals surface area contributed by atoms with Crippen molar-refractivity contribution in [2.75, 3.05) is 13.6 Å². The number of hydrogen-bond acceptors (Lipinski definition) is 3. The van der Waals surface area contributed by atoms with Gasteiger partial charge in [-0.3, -0.25) is 4.79 Å². The minimum Gasteiger partial charge on any atom is -0.341 e. The molecule has 1 fully saturated rings. The molecule has 3 nitrogen and oxygen atoms in total. The summed E-state index contributed by atoms with van der Waals surface area (Å²) in [5.74, 6) is 6.91. The summed E-state index contributed by atoms with van der Waals surface area (Å²) in [6.07, 6.45) is 3.41. The fraction of sp³-hybridized carbons (Fsp3) is 0.562. The van der Waals surface area contributed by atoms with Gasteiger partial charge >= 0.3 is 0 Å². The van der Waals surface area contributed by atoms with E-state index in [0.29, 0.717) is 19.0 Å². The third-order valence-corrected chi connectivity index (χ3v) is 4.84. The second kappa shape index (κ2) is 6.92. The lowest BCUT2D eigenvalue weighted by Gasteiger charge is -2.23. The maximum Gasteiger partial charge on any atom is 0.225 e. The van der Waals surface area contributed by atoms with Crippen LogP contribution in [-0.4, -0.2) is 24.4 Å². The lowest BCUT2D eigenvalue weighted by Crippen LogP contribution is -2.33. The molecule has 0 aliphatic heterocycles. The van der Waals surface area contributed by atoms with E-state index in [1.54, 1.807) is 11.3 Å². The Balaban J connectivity index is 1.95. The van der Waals surface area contributed by atoms with E-state index >= 15 is 0 Å². The lowest BCUT2D eigenvalue weighted by atomic mass is 9.96. The van der Waals surface area contributed by atoms with Crippen LogP contribution in [0, 0.1) is 23.7 Å². The van der Waals surface area contributed by atoms with Crippen LogP contribution in [0.25, 0.3) is 0 Å². The highest BCUT2D eigenvalue weighted by molar-refractivity contribution is 7.10. The molecule has 20 heavy (non-hydrogen) atoms. The molecular formula is C16H22N2OS. The van der Waals surface area contributed by atoms with Crippen molar-refractivity contribution >= 4 is 17.2 Å². The van der Waals surface area contributed by atoms with Crippen LogP contribution in [-0.2, 0) is 11.3 Å². The van der Waals surface area contributed by atoms with Gasteiger partial charge in [0.05, 0.1) is 11.4 Å². The third kappa shape index (κ3) is 3.62. The zero-order valence-electron chi connectivity index (χ0n) is 12.2. The minimum absolute atomic E-state index is 0.218. The first-order valence-corrected chi connectivity index (χ1v) is 8.01. The molecule has 2 rings (SSSR count). The Labute approximate surface area is 125 Å². The Kier molecular flexibility index (Phi) is 5.22. The Bertz CT molecular complexity index is 526. The molecule has 0 saturated heterocycles. The topological polar surface area (TPSA) is 46.3 Å². The minimum atomic E-state index is 0.218. The van der Waals surface area contributed by atoms with Gasteiger partial charge in [-0.05, 0) is 35.8 Å². The normalized spacial score (nSPS) is 21.4. The first-order valence-electron chi connectivity index (χ1n) is 7.13. The molecule has 0 aromatic carbocycles.